The average Bonchev–Trinajstić information content (AvgIpc) is 2.59. The SMILES string of the molecule is CCCNC1CCCCC(c2cnc(C)n2C)C1. The summed E-state index contributed by atoms with van der Waals surface area (Å²) < 4.78 is 2.27. The van der Waals surface area contributed by atoms with Crippen molar-refractivity contribution in [3.8, 4) is 0 Å². The summed E-state index contributed by atoms with van der Waals surface area (Å²) >= 11 is 0. The minimum absolute atomic E-state index is 0.688. The van der Waals surface area contributed by atoms with Crippen molar-refractivity contribution in [1.82, 2.24) is 14.9 Å². The van der Waals surface area contributed by atoms with Crippen molar-refractivity contribution in [2.75, 3.05) is 6.54 Å². The summed E-state index contributed by atoms with van der Waals surface area (Å²) in [6.45, 7) is 5.49. The molecule has 0 aromatic carbocycles. The fourth-order valence-electron chi connectivity index (χ4n) is 3.06. The van der Waals surface area contributed by atoms with Crippen LogP contribution in [-0.2, 0) is 7.05 Å². The number of hydrogen-bond acceptors (Lipinski definition) is 2. The van der Waals surface area contributed by atoms with Crippen molar-refractivity contribution >= 4 is 0 Å². The zero-order valence-electron chi connectivity index (χ0n) is 12.1. The maximum Gasteiger partial charge on any atom is 0.105 e. The zero-order valence-corrected chi connectivity index (χ0v) is 12.1. The van der Waals surface area contributed by atoms with Crippen LogP contribution in [0.25, 0.3) is 0 Å². The lowest BCUT2D eigenvalue weighted by molar-refractivity contribution is 0.432. The van der Waals surface area contributed by atoms with Gasteiger partial charge in [-0.05, 0) is 39.2 Å². The maximum atomic E-state index is 4.45. The van der Waals surface area contributed by atoms with E-state index in [1.54, 1.807) is 0 Å². The summed E-state index contributed by atoms with van der Waals surface area (Å²) in [5.74, 6) is 1.82. The van der Waals surface area contributed by atoms with E-state index in [1.165, 1.54) is 44.2 Å². The van der Waals surface area contributed by atoms with E-state index in [9.17, 15) is 0 Å². The highest BCUT2D eigenvalue weighted by molar-refractivity contribution is 5.11. The van der Waals surface area contributed by atoms with Crippen molar-refractivity contribution in [3.05, 3.63) is 17.7 Å². The van der Waals surface area contributed by atoms with Crippen LogP contribution >= 0.6 is 0 Å². The van der Waals surface area contributed by atoms with E-state index in [0.29, 0.717) is 12.0 Å². The molecule has 3 nitrogen and oxygen atoms in total. The van der Waals surface area contributed by atoms with Crippen molar-refractivity contribution < 1.29 is 0 Å². The normalized spacial score (nSPS) is 25.1. The number of imidazole rings is 1. The van der Waals surface area contributed by atoms with Crippen LogP contribution in [0.2, 0.25) is 0 Å². The Hall–Kier alpha value is -0.830. The fraction of sp³-hybridized carbons (Fsp3) is 0.800. The van der Waals surface area contributed by atoms with Gasteiger partial charge in [0.15, 0.2) is 0 Å². The molecule has 1 aromatic heterocycles. The number of hydrogen-bond donors (Lipinski definition) is 1. The number of aryl methyl sites for hydroxylation is 1. The lowest BCUT2D eigenvalue weighted by Gasteiger charge is -2.21. The smallest absolute Gasteiger partial charge is 0.105 e. The monoisotopic (exact) mass is 249 g/mol. The predicted octanol–water partition coefficient (Wildman–Crippen LogP) is 3.14. The second-order valence-electron chi connectivity index (χ2n) is 5.66. The van der Waals surface area contributed by atoms with Gasteiger partial charge in [0.05, 0.1) is 0 Å². The van der Waals surface area contributed by atoms with E-state index >= 15 is 0 Å². The van der Waals surface area contributed by atoms with Crippen molar-refractivity contribution in [1.29, 1.82) is 0 Å². The zero-order chi connectivity index (χ0) is 13.0. The Labute approximate surface area is 111 Å². The first kappa shape index (κ1) is 13.6. The van der Waals surface area contributed by atoms with Crippen LogP contribution in [0.15, 0.2) is 6.20 Å². The summed E-state index contributed by atoms with van der Waals surface area (Å²) in [4.78, 5) is 4.45. The van der Waals surface area contributed by atoms with E-state index in [4.69, 9.17) is 0 Å². The molecule has 2 rings (SSSR count). The van der Waals surface area contributed by atoms with Crippen molar-refractivity contribution in [2.24, 2.45) is 7.05 Å². The molecule has 1 N–H and O–H groups in total. The van der Waals surface area contributed by atoms with Crippen LogP contribution in [0.1, 0.15) is 62.9 Å². The topological polar surface area (TPSA) is 29.9 Å². The molecular formula is C15H27N3. The molecule has 0 radical (unpaired) electrons. The first-order chi connectivity index (χ1) is 8.72. The van der Waals surface area contributed by atoms with Crippen LogP contribution in [0.5, 0.6) is 0 Å². The van der Waals surface area contributed by atoms with Crippen LogP contribution in [0.3, 0.4) is 0 Å². The molecule has 1 aliphatic rings. The molecule has 1 saturated carbocycles. The van der Waals surface area contributed by atoms with Gasteiger partial charge in [-0.2, -0.15) is 0 Å². The van der Waals surface area contributed by atoms with Crippen molar-refractivity contribution in [3.63, 3.8) is 0 Å². The van der Waals surface area contributed by atoms with Gasteiger partial charge in [-0.25, -0.2) is 4.98 Å². The first-order valence-electron chi connectivity index (χ1n) is 7.44. The lowest BCUT2D eigenvalue weighted by Crippen LogP contribution is -2.30. The van der Waals surface area contributed by atoms with E-state index < -0.39 is 0 Å². The third-order valence-corrected chi connectivity index (χ3v) is 4.28. The third kappa shape index (κ3) is 3.14. The van der Waals surface area contributed by atoms with Gasteiger partial charge in [-0.15, -0.1) is 0 Å². The number of aromatic nitrogens is 2. The number of nitrogens with one attached hydrogen (secondary N) is 1. The first-order valence-corrected chi connectivity index (χ1v) is 7.44. The van der Waals surface area contributed by atoms with E-state index in [2.05, 4.69) is 42.0 Å². The Kier molecular flexibility index (Phi) is 4.81. The highest BCUT2D eigenvalue weighted by Gasteiger charge is 2.23. The quantitative estimate of drug-likeness (QED) is 0.831. The molecule has 18 heavy (non-hydrogen) atoms. The Morgan fingerprint density at radius 1 is 1.39 bits per heavy atom. The van der Waals surface area contributed by atoms with Gasteiger partial charge in [0.25, 0.3) is 0 Å². The summed E-state index contributed by atoms with van der Waals surface area (Å²) in [5.41, 5.74) is 1.43. The number of nitrogens with zero attached hydrogens (tertiary/aromatic N) is 2. The molecule has 1 aliphatic carbocycles. The average molecular weight is 249 g/mol. The molecule has 0 saturated heterocycles. The van der Waals surface area contributed by atoms with Gasteiger partial charge in [0, 0.05) is 30.9 Å². The summed E-state index contributed by atoms with van der Waals surface area (Å²) in [6, 6.07) is 0.702. The second kappa shape index (κ2) is 6.37. The molecule has 0 amide bonds. The Morgan fingerprint density at radius 3 is 2.83 bits per heavy atom. The second-order valence-corrected chi connectivity index (χ2v) is 5.66. The van der Waals surface area contributed by atoms with Crippen LogP contribution in [0.4, 0.5) is 0 Å². The highest BCUT2D eigenvalue weighted by Crippen LogP contribution is 2.31. The molecule has 1 heterocycles. The minimum Gasteiger partial charge on any atom is -0.335 e. The van der Waals surface area contributed by atoms with Crippen LogP contribution in [-0.4, -0.2) is 22.1 Å². The minimum atomic E-state index is 0.688. The van der Waals surface area contributed by atoms with Gasteiger partial charge in [-0.1, -0.05) is 19.8 Å². The maximum absolute atomic E-state index is 4.45. The van der Waals surface area contributed by atoms with Crippen LogP contribution in [0, 0.1) is 6.92 Å². The molecule has 2 atom stereocenters. The lowest BCUT2D eigenvalue weighted by atomic mass is 9.95. The highest BCUT2D eigenvalue weighted by atomic mass is 15.1. The molecule has 0 spiro atoms. The van der Waals surface area contributed by atoms with Gasteiger partial charge in [-0.3, -0.25) is 0 Å². The summed E-state index contributed by atoms with van der Waals surface area (Å²) in [5, 5.41) is 3.71. The van der Waals surface area contributed by atoms with Gasteiger partial charge >= 0.3 is 0 Å². The van der Waals surface area contributed by atoms with Crippen molar-refractivity contribution in [2.45, 2.75) is 64.3 Å². The molecule has 3 heteroatoms. The molecule has 102 valence electrons. The van der Waals surface area contributed by atoms with Gasteiger partial charge in [0.2, 0.25) is 0 Å². The molecule has 2 unspecified atom stereocenters. The summed E-state index contributed by atoms with van der Waals surface area (Å²) in [7, 11) is 2.15. The third-order valence-electron chi connectivity index (χ3n) is 4.28. The Balaban J connectivity index is 2.04. The molecule has 1 aromatic rings. The molecule has 0 bridgehead atoms. The molecule has 1 fully saturated rings. The largest absolute Gasteiger partial charge is 0.335 e. The molecular weight excluding hydrogens is 222 g/mol. The standard InChI is InChI=1S/C15H27N3/c1-4-9-16-14-8-6-5-7-13(10-14)15-11-17-12(2)18(15)3/h11,13-14,16H,4-10H2,1-3H3. The van der Waals surface area contributed by atoms with Crippen LogP contribution < -0.4 is 5.32 Å². The number of rotatable bonds is 4. The Morgan fingerprint density at radius 2 is 2.17 bits per heavy atom. The summed E-state index contributed by atoms with van der Waals surface area (Å²) in [6.07, 6.45) is 9.98. The Bertz CT molecular complexity index is 370. The van der Waals surface area contributed by atoms with Gasteiger partial charge < -0.3 is 9.88 Å². The molecule has 0 aliphatic heterocycles. The van der Waals surface area contributed by atoms with Gasteiger partial charge in [0.1, 0.15) is 5.82 Å². The van der Waals surface area contributed by atoms with E-state index in [-0.39, 0.29) is 0 Å². The predicted molar refractivity (Wildman–Crippen MR) is 75.9 cm³/mol. The fourth-order valence-corrected chi connectivity index (χ4v) is 3.06. The van der Waals surface area contributed by atoms with E-state index in [1.807, 2.05) is 0 Å². The van der Waals surface area contributed by atoms with E-state index in [0.717, 1.165) is 12.4 Å².